The summed E-state index contributed by atoms with van der Waals surface area (Å²) in [5.74, 6) is -0.0585. The highest BCUT2D eigenvalue weighted by Gasteiger charge is 2.14. The second kappa shape index (κ2) is 10.6. The van der Waals surface area contributed by atoms with E-state index in [0.29, 0.717) is 5.92 Å². The summed E-state index contributed by atoms with van der Waals surface area (Å²) in [5.41, 5.74) is 3.19. The summed E-state index contributed by atoms with van der Waals surface area (Å²) in [6.45, 7) is 5.37. The molecule has 0 radical (unpaired) electrons. The van der Waals surface area contributed by atoms with Gasteiger partial charge in [0.05, 0.1) is 6.61 Å². The number of carbonyl (C=O) groups is 1. The van der Waals surface area contributed by atoms with E-state index in [0.717, 1.165) is 12.1 Å². The van der Waals surface area contributed by atoms with Crippen LogP contribution in [0.5, 0.6) is 0 Å². The van der Waals surface area contributed by atoms with Gasteiger partial charge in [0.2, 0.25) is 0 Å². The normalized spacial score (nSPS) is 11.8. The molecule has 0 aliphatic carbocycles. The first-order valence-electron chi connectivity index (χ1n) is 6.44. The quantitative estimate of drug-likeness (QED) is 0.632. The van der Waals surface area contributed by atoms with Crippen molar-refractivity contribution in [1.29, 1.82) is 0 Å². The van der Waals surface area contributed by atoms with Gasteiger partial charge in [-0.3, -0.25) is 9.63 Å². The smallest absolute Gasteiger partial charge is 0.273 e. The Bertz CT molecular complexity index is 374. The first-order valence-corrected chi connectivity index (χ1v) is 6.44. The van der Waals surface area contributed by atoms with Gasteiger partial charge in [-0.2, -0.15) is 0 Å². The maximum atomic E-state index is 11.5. The van der Waals surface area contributed by atoms with Crippen molar-refractivity contribution in [2.75, 3.05) is 13.1 Å². The van der Waals surface area contributed by atoms with E-state index in [1.54, 1.807) is 0 Å². The van der Waals surface area contributed by atoms with E-state index in [2.05, 4.69) is 24.6 Å². The lowest BCUT2D eigenvalue weighted by atomic mass is 10.2. The summed E-state index contributed by atoms with van der Waals surface area (Å²) in [5, 5.41) is 12.6. The van der Waals surface area contributed by atoms with Crippen molar-refractivity contribution < 1.29 is 14.7 Å². The number of hydrogen-bond donors (Lipinski definition) is 3. The Morgan fingerprint density at radius 3 is 2.50 bits per heavy atom. The molecule has 20 heavy (non-hydrogen) atoms. The minimum atomic E-state index is -1.10. The molecule has 1 aromatic rings. The van der Waals surface area contributed by atoms with E-state index in [1.165, 1.54) is 0 Å². The molecule has 0 saturated heterocycles. The zero-order valence-corrected chi connectivity index (χ0v) is 12.7. The van der Waals surface area contributed by atoms with E-state index in [9.17, 15) is 9.90 Å². The Labute approximate surface area is 126 Å². The van der Waals surface area contributed by atoms with Gasteiger partial charge in [-0.1, -0.05) is 44.2 Å². The SMILES string of the molecule is CC(C)CNC[C@H](O)C(=O)NOCc1ccccc1.Cl. The number of halogens is 1. The number of nitrogens with one attached hydrogen (secondary N) is 2. The molecule has 0 heterocycles. The van der Waals surface area contributed by atoms with Gasteiger partial charge in [0.25, 0.3) is 5.91 Å². The maximum absolute atomic E-state index is 11.5. The number of amides is 1. The Kier molecular flexibility index (Phi) is 10.0. The van der Waals surface area contributed by atoms with Crippen molar-refractivity contribution in [3.05, 3.63) is 35.9 Å². The molecule has 1 rings (SSSR count). The van der Waals surface area contributed by atoms with Gasteiger partial charge in [0, 0.05) is 6.54 Å². The zero-order chi connectivity index (χ0) is 14.1. The number of rotatable bonds is 8. The third kappa shape index (κ3) is 8.12. The van der Waals surface area contributed by atoms with E-state index in [-0.39, 0.29) is 25.6 Å². The molecule has 5 nitrogen and oxygen atoms in total. The van der Waals surface area contributed by atoms with E-state index in [1.807, 2.05) is 30.3 Å². The van der Waals surface area contributed by atoms with Crippen molar-refractivity contribution in [1.82, 2.24) is 10.8 Å². The standard InChI is InChI=1S/C14H22N2O3.ClH/c1-11(2)8-15-9-13(17)14(18)16-19-10-12-6-4-3-5-7-12;/h3-7,11,13,15,17H,8-10H2,1-2H3,(H,16,18);1H/t13-;/m0./s1. The minimum absolute atomic E-state index is 0. The number of hydrogen-bond acceptors (Lipinski definition) is 4. The fourth-order valence-electron chi connectivity index (χ4n) is 1.43. The van der Waals surface area contributed by atoms with Crippen LogP contribution in [0.1, 0.15) is 19.4 Å². The minimum Gasteiger partial charge on any atom is -0.382 e. The number of aliphatic hydroxyl groups is 1. The highest BCUT2D eigenvalue weighted by atomic mass is 35.5. The van der Waals surface area contributed by atoms with Gasteiger partial charge >= 0.3 is 0 Å². The van der Waals surface area contributed by atoms with Gasteiger partial charge in [0.1, 0.15) is 6.10 Å². The Morgan fingerprint density at radius 1 is 1.25 bits per heavy atom. The summed E-state index contributed by atoms with van der Waals surface area (Å²) >= 11 is 0. The van der Waals surface area contributed by atoms with Crippen molar-refractivity contribution >= 4 is 18.3 Å². The third-order valence-electron chi connectivity index (χ3n) is 2.45. The molecular weight excluding hydrogens is 280 g/mol. The van der Waals surface area contributed by atoms with Crippen LogP contribution in [0.2, 0.25) is 0 Å². The second-order valence-corrected chi connectivity index (χ2v) is 4.81. The van der Waals surface area contributed by atoms with Crippen LogP contribution in [0, 0.1) is 5.92 Å². The van der Waals surface area contributed by atoms with Crippen molar-refractivity contribution in [2.45, 2.75) is 26.6 Å². The average Bonchev–Trinajstić information content (AvgIpc) is 2.39. The van der Waals surface area contributed by atoms with Crippen molar-refractivity contribution in [3.8, 4) is 0 Å². The molecule has 0 aliphatic rings. The van der Waals surface area contributed by atoms with E-state index < -0.39 is 12.0 Å². The van der Waals surface area contributed by atoms with Crippen LogP contribution in [0.4, 0.5) is 0 Å². The molecule has 0 bridgehead atoms. The van der Waals surface area contributed by atoms with Crippen LogP contribution in [0.25, 0.3) is 0 Å². The lowest BCUT2D eigenvalue weighted by Gasteiger charge is -2.13. The predicted octanol–water partition coefficient (Wildman–Crippen LogP) is 1.26. The summed E-state index contributed by atoms with van der Waals surface area (Å²) in [6, 6.07) is 9.49. The summed E-state index contributed by atoms with van der Waals surface area (Å²) in [4.78, 5) is 16.5. The zero-order valence-electron chi connectivity index (χ0n) is 11.8. The van der Waals surface area contributed by atoms with Gasteiger partial charge < -0.3 is 10.4 Å². The van der Waals surface area contributed by atoms with Crippen LogP contribution in [-0.2, 0) is 16.2 Å². The van der Waals surface area contributed by atoms with Crippen LogP contribution in [0.3, 0.4) is 0 Å². The first kappa shape index (κ1) is 18.9. The largest absolute Gasteiger partial charge is 0.382 e. The van der Waals surface area contributed by atoms with E-state index >= 15 is 0 Å². The lowest BCUT2D eigenvalue weighted by Crippen LogP contribution is -2.41. The van der Waals surface area contributed by atoms with Gasteiger partial charge in [-0.15, -0.1) is 12.4 Å². The second-order valence-electron chi connectivity index (χ2n) is 4.81. The Hall–Kier alpha value is -1.14. The molecule has 114 valence electrons. The highest BCUT2D eigenvalue weighted by Crippen LogP contribution is 1.99. The molecule has 0 fully saturated rings. The molecule has 0 aliphatic heterocycles. The highest BCUT2D eigenvalue weighted by molar-refractivity contribution is 5.85. The molecule has 0 aromatic heterocycles. The van der Waals surface area contributed by atoms with Gasteiger partial charge in [-0.25, -0.2) is 5.48 Å². The maximum Gasteiger partial charge on any atom is 0.273 e. The molecule has 1 aromatic carbocycles. The first-order chi connectivity index (χ1) is 9.09. The van der Waals surface area contributed by atoms with Crippen molar-refractivity contribution in [2.24, 2.45) is 5.92 Å². The predicted molar refractivity (Wildman–Crippen MR) is 80.3 cm³/mol. The molecule has 0 spiro atoms. The Morgan fingerprint density at radius 2 is 1.90 bits per heavy atom. The van der Waals surface area contributed by atoms with Crippen molar-refractivity contribution in [3.63, 3.8) is 0 Å². The summed E-state index contributed by atoms with van der Waals surface area (Å²) < 4.78 is 0. The summed E-state index contributed by atoms with van der Waals surface area (Å²) in [6.07, 6.45) is -1.10. The van der Waals surface area contributed by atoms with E-state index in [4.69, 9.17) is 4.84 Å². The van der Waals surface area contributed by atoms with Crippen LogP contribution in [-0.4, -0.2) is 30.2 Å². The fraction of sp³-hybridized carbons (Fsp3) is 0.500. The lowest BCUT2D eigenvalue weighted by molar-refractivity contribution is -0.143. The molecule has 6 heteroatoms. The third-order valence-corrected chi connectivity index (χ3v) is 2.45. The molecule has 0 unspecified atom stereocenters. The van der Waals surface area contributed by atoms with Gasteiger partial charge in [-0.05, 0) is 18.0 Å². The molecule has 1 atom stereocenters. The van der Waals surface area contributed by atoms with Gasteiger partial charge in [0.15, 0.2) is 0 Å². The van der Waals surface area contributed by atoms with Crippen LogP contribution < -0.4 is 10.8 Å². The fourth-order valence-corrected chi connectivity index (χ4v) is 1.43. The number of aliphatic hydroxyl groups excluding tert-OH is 1. The number of carbonyl (C=O) groups excluding carboxylic acids is 1. The topological polar surface area (TPSA) is 70.6 Å². The van der Waals surface area contributed by atoms with Crippen LogP contribution >= 0.6 is 12.4 Å². The number of benzene rings is 1. The Balaban J connectivity index is 0.00000361. The summed E-state index contributed by atoms with van der Waals surface area (Å²) in [7, 11) is 0. The average molecular weight is 303 g/mol. The monoisotopic (exact) mass is 302 g/mol. The number of hydroxylamine groups is 1. The molecule has 0 saturated carbocycles. The molecular formula is C14H23ClN2O3. The van der Waals surface area contributed by atoms with Crippen LogP contribution in [0.15, 0.2) is 30.3 Å². The molecule has 1 amide bonds. The molecule has 3 N–H and O–H groups in total.